The lowest BCUT2D eigenvalue weighted by Crippen LogP contribution is -2.23. The van der Waals surface area contributed by atoms with Crippen molar-refractivity contribution in [2.45, 2.75) is 55.0 Å². The molecule has 0 unspecified atom stereocenters. The van der Waals surface area contributed by atoms with Gasteiger partial charge in [0.1, 0.15) is 11.6 Å². The van der Waals surface area contributed by atoms with Gasteiger partial charge in [0.15, 0.2) is 5.16 Å². The summed E-state index contributed by atoms with van der Waals surface area (Å²) in [6.45, 7) is 1.87. The van der Waals surface area contributed by atoms with Gasteiger partial charge in [-0.05, 0) is 50.8 Å². The predicted octanol–water partition coefficient (Wildman–Crippen LogP) is 4.27. The Bertz CT molecular complexity index is 833. The quantitative estimate of drug-likeness (QED) is 0.712. The van der Waals surface area contributed by atoms with Crippen LogP contribution in [0.2, 0.25) is 5.02 Å². The Labute approximate surface area is 161 Å². The molecule has 0 aliphatic heterocycles. The van der Waals surface area contributed by atoms with Crippen molar-refractivity contribution >= 4 is 35.0 Å². The highest BCUT2D eigenvalue weighted by molar-refractivity contribution is 8.00. The molecule has 2 fully saturated rings. The van der Waals surface area contributed by atoms with Crippen LogP contribution in [0.1, 0.15) is 50.4 Å². The van der Waals surface area contributed by atoms with Crippen LogP contribution >= 0.6 is 23.4 Å². The van der Waals surface area contributed by atoms with Crippen molar-refractivity contribution in [3.63, 3.8) is 0 Å². The van der Waals surface area contributed by atoms with E-state index in [9.17, 15) is 4.79 Å². The zero-order valence-electron chi connectivity index (χ0n) is 14.7. The third kappa shape index (κ3) is 3.69. The van der Waals surface area contributed by atoms with Gasteiger partial charge in [0.25, 0.3) is 0 Å². The summed E-state index contributed by atoms with van der Waals surface area (Å²) in [5, 5.41) is 12.7. The predicted molar refractivity (Wildman–Crippen MR) is 102 cm³/mol. The number of hydrogen-bond donors (Lipinski definition) is 1. The molecule has 2 aliphatic carbocycles. The fourth-order valence-corrected chi connectivity index (χ4v) is 3.99. The lowest BCUT2D eigenvalue weighted by Gasteiger charge is -2.15. The number of thioether (sulfide) groups is 1. The molecule has 0 radical (unpaired) electrons. The number of ether oxygens (including phenoxy) is 1. The van der Waals surface area contributed by atoms with Gasteiger partial charge in [-0.2, -0.15) is 0 Å². The molecule has 8 heteroatoms. The van der Waals surface area contributed by atoms with Crippen LogP contribution in [0.4, 0.5) is 5.69 Å². The number of carbonyl (C=O) groups is 1. The van der Waals surface area contributed by atoms with Crippen molar-refractivity contribution in [1.82, 2.24) is 14.8 Å². The number of amides is 1. The molecule has 1 heterocycles. The minimum Gasteiger partial charge on any atom is -0.495 e. The Hall–Kier alpha value is -1.73. The van der Waals surface area contributed by atoms with Gasteiger partial charge in [-0.3, -0.25) is 4.79 Å². The normalized spacial score (nSPS) is 17.8. The summed E-state index contributed by atoms with van der Waals surface area (Å²) in [6, 6.07) is 5.66. The number of rotatable bonds is 7. The van der Waals surface area contributed by atoms with E-state index in [0.29, 0.717) is 28.4 Å². The van der Waals surface area contributed by atoms with E-state index >= 15 is 0 Å². The molecular weight excluding hydrogens is 372 g/mol. The van der Waals surface area contributed by atoms with Gasteiger partial charge in [0.2, 0.25) is 5.91 Å². The van der Waals surface area contributed by atoms with E-state index in [1.54, 1.807) is 25.3 Å². The lowest BCUT2D eigenvalue weighted by molar-refractivity contribution is -0.115. The second kappa shape index (κ2) is 7.12. The Kier molecular flexibility index (Phi) is 4.84. The van der Waals surface area contributed by atoms with Crippen LogP contribution in [0, 0.1) is 0 Å². The van der Waals surface area contributed by atoms with Gasteiger partial charge in [-0.1, -0.05) is 23.4 Å². The molecule has 26 heavy (non-hydrogen) atoms. The number of anilines is 1. The number of aromatic nitrogens is 3. The van der Waals surface area contributed by atoms with Gasteiger partial charge < -0.3 is 14.6 Å². The number of halogens is 1. The molecule has 1 N–H and O–H groups in total. The van der Waals surface area contributed by atoms with Crippen molar-refractivity contribution in [1.29, 1.82) is 0 Å². The summed E-state index contributed by atoms with van der Waals surface area (Å²) < 4.78 is 7.54. The second-order valence-electron chi connectivity index (χ2n) is 6.81. The topological polar surface area (TPSA) is 69.0 Å². The maximum absolute atomic E-state index is 12.7. The van der Waals surface area contributed by atoms with Crippen LogP contribution in [0.5, 0.6) is 5.75 Å². The smallest absolute Gasteiger partial charge is 0.237 e. The summed E-state index contributed by atoms with van der Waals surface area (Å²) in [7, 11) is 1.56. The molecule has 1 aromatic heterocycles. The number of hydrogen-bond acceptors (Lipinski definition) is 5. The molecule has 2 aromatic rings. The summed E-state index contributed by atoms with van der Waals surface area (Å²) in [6.07, 6.45) is 4.73. The average molecular weight is 393 g/mol. The van der Waals surface area contributed by atoms with Crippen LogP contribution in [0.25, 0.3) is 0 Å². The third-order valence-corrected chi connectivity index (χ3v) is 5.91. The first-order valence-electron chi connectivity index (χ1n) is 8.82. The van der Waals surface area contributed by atoms with E-state index in [1.807, 2.05) is 6.92 Å². The van der Waals surface area contributed by atoms with E-state index in [4.69, 9.17) is 16.3 Å². The zero-order chi connectivity index (χ0) is 18.3. The lowest BCUT2D eigenvalue weighted by atomic mass is 10.3. The van der Waals surface area contributed by atoms with Crippen molar-refractivity contribution in [2.24, 2.45) is 0 Å². The fraction of sp³-hybridized carbons (Fsp3) is 0.500. The Morgan fingerprint density at radius 2 is 2.12 bits per heavy atom. The SMILES string of the molecule is COc1ccc(Cl)cc1NC(=O)[C@H](C)Sc1nnc(C2CC2)n1C1CC1. The van der Waals surface area contributed by atoms with Crippen LogP contribution in [0.15, 0.2) is 23.4 Å². The molecule has 1 amide bonds. The van der Waals surface area contributed by atoms with Crippen LogP contribution < -0.4 is 10.1 Å². The maximum Gasteiger partial charge on any atom is 0.237 e. The summed E-state index contributed by atoms with van der Waals surface area (Å²) >= 11 is 7.49. The highest BCUT2D eigenvalue weighted by Crippen LogP contribution is 2.46. The minimum absolute atomic E-state index is 0.117. The summed E-state index contributed by atoms with van der Waals surface area (Å²) in [4.78, 5) is 12.7. The van der Waals surface area contributed by atoms with Gasteiger partial charge in [-0.15, -0.1) is 10.2 Å². The van der Waals surface area contributed by atoms with E-state index < -0.39 is 0 Å². The van der Waals surface area contributed by atoms with E-state index in [-0.39, 0.29) is 11.2 Å². The number of nitrogens with zero attached hydrogens (tertiary/aromatic N) is 3. The van der Waals surface area contributed by atoms with Crippen molar-refractivity contribution in [3.8, 4) is 5.75 Å². The molecular formula is C18H21ClN4O2S. The average Bonchev–Trinajstić information content (AvgIpc) is 3.54. The zero-order valence-corrected chi connectivity index (χ0v) is 16.3. The standard InChI is InChI=1S/C18H21ClN4O2S/c1-10(17(24)20-14-9-12(19)5-8-15(14)25-2)26-18-22-21-16(11-3-4-11)23(18)13-6-7-13/h5,8-11,13H,3-4,6-7H2,1-2H3,(H,20,24)/t10-/m0/s1. The summed E-state index contributed by atoms with van der Waals surface area (Å²) in [5.74, 6) is 2.11. The third-order valence-electron chi connectivity index (χ3n) is 4.62. The van der Waals surface area contributed by atoms with Gasteiger partial charge in [0, 0.05) is 17.0 Å². The second-order valence-corrected chi connectivity index (χ2v) is 8.55. The van der Waals surface area contributed by atoms with Crippen molar-refractivity contribution < 1.29 is 9.53 Å². The Morgan fingerprint density at radius 1 is 1.35 bits per heavy atom. The van der Waals surface area contributed by atoms with Crippen LogP contribution in [-0.4, -0.2) is 33.0 Å². The molecule has 2 saturated carbocycles. The first-order valence-corrected chi connectivity index (χ1v) is 10.1. The van der Waals surface area contributed by atoms with Gasteiger partial charge in [0.05, 0.1) is 18.0 Å². The van der Waals surface area contributed by atoms with E-state index in [1.165, 1.54) is 37.4 Å². The molecule has 0 spiro atoms. The number of carbonyl (C=O) groups excluding carboxylic acids is 1. The first-order chi connectivity index (χ1) is 12.6. The monoisotopic (exact) mass is 392 g/mol. The fourth-order valence-electron chi connectivity index (χ4n) is 2.89. The molecule has 2 aliphatic rings. The number of methoxy groups -OCH3 is 1. The molecule has 4 rings (SSSR count). The first kappa shape index (κ1) is 17.7. The molecule has 6 nitrogen and oxygen atoms in total. The van der Waals surface area contributed by atoms with E-state index in [2.05, 4.69) is 20.1 Å². The molecule has 0 saturated heterocycles. The van der Waals surface area contributed by atoms with Crippen LogP contribution in [-0.2, 0) is 4.79 Å². The largest absolute Gasteiger partial charge is 0.495 e. The summed E-state index contributed by atoms with van der Waals surface area (Å²) in [5.41, 5.74) is 0.569. The number of nitrogens with one attached hydrogen (secondary N) is 1. The Morgan fingerprint density at radius 3 is 2.77 bits per heavy atom. The molecule has 138 valence electrons. The molecule has 1 aromatic carbocycles. The number of benzene rings is 1. The van der Waals surface area contributed by atoms with Crippen molar-refractivity contribution in [3.05, 3.63) is 29.0 Å². The minimum atomic E-state index is -0.313. The highest BCUT2D eigenvalue weighted by Gasteiger charge is 2.37. The van der Waals surface area contributed by atoms with Crippen molar-refractivity contribution in [2.75, 3.05) is 12.4 Å². The van der Waals surface area contributed by atoms with Gasteiger partial charge in [-0.25, -0.2) is 0 Å². The molecule has 1 atom stereocenters. The molecule has 0 bridgehead atoms. The highest BCUT2D eigenvalue weighted by atomic mass is 35.5. The van der Waals surface area contributed by atoms with E-state index in [0.717, 1.165) is 11.0 Å². The van der Waals surface area contributed by atoms with Crippen LogP contribution in [0.3, 0.4) is 0 Å². The Balaban J connectivity index is 1.48. The maximum atomic E-state index is 12.7. The van der Waals surface area contributed by atoms with Gasteiger partial charge >= 0.3 is 0 Å².